The summed E-state index contributed by atoms with van der Waals surface area (Å²) >= 11 is 1.17. The Morgan fingerprint density at radius 1 is 1.37 bits per heavy atom. The molecule has 0 bridgehead atoms. The third kappa shape index (κ3) is 2.38. The molecule has 0 fully saturated rings. The molecule has 96 valence electrons. The van der Waals surface area contributed by atoms with Gasteiger partial charge in [-0.3, -0.25) is 10.1 Å². The van der Waals surface area contributed by atoms with Crippen LogP contribution in [0.25, 0.3) is 10.9 Å². The predicted molar refractivity (Wildman–Crippen MR) is 68.5 cm³/mol. The number of carbonyl (C=O) groups is 1. The fourth-order valence-electron chi connectivity index (χ4n) is 1.58. The minimum absolute atomic E-state index is 0.142. The number of carboxylic acids is 1. The summed E-state index contributed by atoms with van der Waals surface area (Å²) in [5, 5.41) is 24.9. The van der Waals surface area contributed by atoms with E-state index in [-0.39, 0.29) is 6.42 Å². The first kappa shape index (κ1) is 11.6. The Bertz CT molecular complexity index is 736. The summed E-state index contributed by atoms with van der Waals surface area (Å²) in [5.74, 6) is -0.471. The molecule has 2 aromatic heterocycles. The second-order valence-electron chi connectivity index (χ2n) is 3.73. The molecular formula is C11H8N4O3S. The van der Waals surface area contributed by atoms with Gasteiger partial charge in [0.15, 0.2) is 0 Å². The Hall–Kier alpha value is -2.48. The van der Waals surface area contributed by atoms with Gasteiger partial charge in [0.05, 0.1) is 11.8 Å². The normalized spacial score (nSPS) is 10.7. The van der Waals surface area contributed by atoms with Crippen LogP contribution in [0.2, 0.25) is 0 Å². The molecule has 0 saturated carbocycles. The molecular weight excluding hydrogens is 268 g/mol. The van der Waals surface area contributed by atoms with Crippen LogP contribution in [0.5, 0.6) is 0 Å². The fourth-order valence-corrected chi connectivity index (χ4v) is 2.31. The van der Waals surface area contributed by atoms with Gasteiger partial charge in [-0.1, -0.05) is 28.6 Å². The van der Waals surface area contributed by atoms with E-state index in [4.69, 9.17) is 9.63 Å². The van der Waals surface area contributed by atoms with Crippen LogP contribution in [0.3, 0.4) is 0 Å². The first-order valence-electron chi connectivity index (χ1n) is 5.38. The van der Waals surface area contributed by atoms with Crippen molar-refractivity contribution in [2.75, 3.05) is 5.32 Å². The molecule has 2 N–H and O–H groups in total. The highest BCUT2D eigenvalue weighted by Gasteiger charge is 2.12. The minimum Gasteiger partial charge on any atom is -0.481 e. The zero-order chi connectivity index (χ0) is 13.2. The van der Waals surface area contributed by atoms with Gasteiger partial charge < -0.3 is 9.63 Å². The molecule has 0 aliphatic carbocycles. The highest BCUT2D eigenvalue weighted by atomic mass is 32.1. The molecule has 19 heavy (non-hydrogen) atoms. The van der Waals surface area contributed by atoms with E-state index >= 15 is 0 Å². The van der Waals surface area contributed by atoms with Gasteiger partial charge in [-0.05, 0) is 12.1 Å². The van der Waals surface area contributed by atoms with Crippen LogP contribution in [-0.2, 0) is 11.2 Å². The van der Waals surface area contributed by atoms with Gasteiger partial charge in [0.2, 0.25) is 11.0 Å². The van der Waals surface area contributed by atoms with E-state index in [1.807, 2.05) is 24.3 Å². The molecule has 0 unspecified atom stereocenters. The van der Waals surface area contributed by atoms with Crippen LogP contribution in [-0.4, -0.2) is 26.4 Å². The highest BCUT2D eigenvalue weighted by Crippen LogP contribution is 2.27. The van der Waals surface area contributed by atoms with Crippen LogP contribution in [0, 0.1) is 0 Å². The fraction of sp³-hybridized carbons (Fsp3) is 0.0909. The summed E-state index contributed by atoms with van der Waals surface area (Å²) in [7, 11) is 0. The van der Waals surface area contributed by atoms with Crippen molar-refractivity contribution in [3.63, 3.8) is 0 Å². The van der Waals surface area contributed by atoms with E-state index in [0.29, 0.717) is 16.0 Å². The van der Waals surface area contributed by atoms with Crippen LogP contribution in [0.4, 0.5) is 11.0 Å². The number of nitrogens with one attached hydrogen (secondary N) is 1. The van der Waals surface area contributed by atoms with E-state index in [9.17, 15) is 4.79 Å². The van der Waals surface area contributed by atoms with E-state index in [1.54, 1.807) is 0 Å². The maximum atomic E-state index is 10.6. The van der Waals surface area contributed by atoms with Gasteiger partial charge in [-0.2, -0.15) is 0 Å². The summed E-state index contributed by atoms with van der Waals surface area (Å²) < 4.78 is 5.17. The second-order valence-corrected chi connectivity index (χ2v) is 4.79. The summed E-state index contributed by atoms with van der Waals surface area (Å²) in [6.07, 6.45) is -0.142. The average Bonchev–Trinajstić information content (AvgIpc) is 2.97. The standard InChI is InChI=1S/C11H8N4O3S/c16-9(17)5-8-13-14-11(19-8)12-10-6-3-1-2-4-7(6)15-18-10/h1-4H,5H2,(H,12,14)(H,16,17). The first-order chi connectivity index (χ1) is 9.22. The zero-order valence-electron chi connectivity index (χ0n) is 9.53. The highest BCUT2D eigenvalue weighted by molar-refractivity contribution is 7.15. The maximum Gasteiger partial charge on any atom is 0.310 e. The van der Waals surface area contributed by atoms with E-state index in [0.717, 1.165) is 10.9 Å². The molecule has 2 heterocycles. The largest absolute Gasteiger partial charge is 0.481 e. The Morgan fingerprint density at radius 2 is 2.21 bits per heavy atom. The van der Waals surface area contributed by atoms with E-state index in [2.05, 4.69) is 20.7 Å². The maximum absolute atomic E-state index is 10.6. The first-order valence-corrected chi connectivity index (χ1v) is 6.19. The quantitative estimate of drug-likeness (QED) is 0.751. The molecule has 3 rings (SSSR count). The summed E-state index contributed by atoms with van der Waals surface area (Å²) in [4.78, 5) is 10.6. The van der Waals surface area contributed by atoms with Crippen LogP contribution in [0.1, 0.15) is 5.01 Å². The Balaban J connectivity index is 1.84. The monoisotopic (exact) mass is 276 g/mol. The summed E-state index contributed by atoms with van der Waals surface area (Å²) in [6, 6.07) is 7.44. The smallest absolute Gasteiger partial charge is 0.310 e. The predicted octanol–water partition coefficient (Wildman–Crippen LogP) is 2.05. The molecule has 0 amide bonds. The van der Waals surface area contributed by atoms with Gasteiger partial charge >= 0.3 is 5.97 Å². The SMILES string of the molecule is O=C(O)Cc1nnc(Nc2onc3ccccc23)s1. The van der Waals surface area contributed by atoms with Crippen molar-refractivity contribution in [2.24, 2.45) is 0 Å². The number of aromatic nitrogens is 3. The van der Waals surface area contributed by atoms with Crippen LogP contribution >= 0.6 is 11.3 Å². The van der Waals surface area contributed by atoms with Crippen molar-refractivity contribution < 1.29 is 14.4 Å². The molecule has 0 saturated heterocycles. The number of aliphatic carboxylic acids is 1. The number of carboxylic acid groups (broad SMARTS) is 1. The van der Waals surface area contributed by atoms with E-state index in [1.165, 1.54) is 11.3 Å². The third-order valence-electron chi connectivity index (χ3n) is 2.37. The molecule has 3 aromatic rings. The van der Waals surface area contributed by atoms with Crippen molar-refractivity contribution in [1.29, 1.82) is 0 Å². The Morgan fingerprint density at radius 3 is 3.05 bits per heavy atom. The van der Waals surface area contributed by atoms with Crippen molar-refractivity contribution in [2.45, 2.75) is 6.42 Å². The van der Waals surface area contributed by atoms with Crippen LogP contribution < -0.4 is 5.32 Å². The molecule has 7 nitrogen and oxygen atoms in total. The lowest BCUT2D eigenvalue weighted by Crippen LogP contribution is -1.98. The van der Waals surface area contributed by atoms with Gasteiger partial charge in [0.25, 0.3) is 0 Å². The van der Waals surface area contributed by atoms with Gasteiger partial charge in [0.1, 0.15) is 10.5 Å². The third-order valence-corrected chi connectivity index (χ3v) is 3.21. The topological polar surface area (TPSA) is 101 Å². The van der Waals surface area contributed by atoms with Crippen LogP contribution in [0.15, 0.2) is 28.8 Å². The van der Waals surface area contributed by atoms with Crippen molar-refractivity contribution in [3.05, 3.63) is 29.3 Å². The number of benzene rings is 1. The number of hydrogen-bond acceptors (Lipinski definition) is 7. The number of rotatable bonds is 4. The molecule has 0 atom stereocenters. The Labute approximate surface area is 110 Å². The van der Waals surface area contributed by atoms with Gasteiger partial charge in [-0.25, -0.2) is 0 Å². The van der Waals surface area contributed by atoms with E-state index < -0.39 is 5.97 Å². The number of anilines is 2. The molecule has 1 aromatic carbocycles. The lowest BCUT2D eigenvalue weighted by molar-refractivity contribution is -0.136. The summed E-state index contributed by atoms with van der Waals surface area (Å²) in [5.41, 5.74) is 0.736. The lowest BCUT2D eigenvalue weighted by atomic mass is 10.2. The number of fused-ring (bicyclic) bond motifs is 1. The number of nitrogens with zero attached hydrogens (tertiary/aromatic N) is 3. The second kappa shape index (κ2) is 4.65. The van der Waals surface area contributed by atoms with Crippen molar-refractivity contribution in [1.82, 2.24) is 15.4 Å². The minimum atomic E-state index is -0.937. The van der Waals surface area contributed by atoms with Gasteiger partial charge in [-0.15, -0.1) is 10.2 Å². The average molecular weight is 276 g/mol. The Kier molecular flexibility index (Phi) is 2.84. The lowest BCUT2D eigenvalue weighted by Gasteiger charge is -1.94. The molecule has 0 aliphatic heterocycles. The molecule has 8 heteroatoms. The van der Waals surface area contributed by atoms with Crippen molar-refractivity contribution >= 4 is 39.2 Å². The van der Waals surface area contributed by atoms with Gasteiger partial charge in [0, 0.05) is 0 Å². The van der Waals surface area contributed by atoms with Crippen molar-refractivity contribution in [3.8, 4) is 0 Å². The molecule has 0 radical (unpaired) electrons. The number of hydrogen-bond donors (Lipinski definition) is 2. The zero-order valence-corrected chi connectivity index (χ0v) is 10.3. The molecule has 0 spiro atoms. The molecule has 0 aliphatic rings. The summed E-state index contributed by atoms with van der Waals surface area (Å²) in [6.45, 7) is 0.